The second-order valence-electron chi connectivity index (χ2n) is 5.12. The molecule has 0 spiro atoms. The zero-order chi connectivity index (χ0) is 16.7. The third-order valence-corrected chi connectivity index (χ3v) is 4.28. The van der Waals surface area contributed by atoms with Crippen LogP contribution in [0.3, 0.4) is 0 Å². The topological polar surface area (TPSA) is 58.6 Å². The van der Waals surface area contributed by atoms with Crippen LogP contribution in [0.1, 0.15) is 15.9 Å². The van der Waals surface area contributed by atoms with E-state index < -0.39 is 23.0 Å². The Morgan fingerprint density at radius 3 is 2.67 bits per heavy atom. The third kappa shape index (κ3) is 2.30. The van der Waals surface area contributed by atoms with E-state index in [1.165, 1.54) is 23.6 Å². The number of hydrogen-bond donors (Lipinski definition) is 1. The number of nitrogens with zero attached hydrogens (tertiary/aromatic N) is 2. The number of hydrogen-bond acceptors (Lipinski definition) is 4. The minimum Gasteiger partial charge on any atom is -0.345 e. The Kier molecular flexibility index (Phi) is 3.42. The van der Waals surface area contributed by atoms with Crippen LogP contribution in [0.5, 0.6) is 0 Å². The zero-order valence-electron chi connectivity index (χ0n) is 12.1. The average molecular weight is 341 g/mol. The summed E-state index contributed by atoms with van der Waals surface area (Å²) in [5.41, 5.74) is 3.21. The van der Waals surface area contributed by atoms with E-state index in [-0.39, 0.29) is 5.56 Å². The van der Waals surface area contributed by atoms with Crippen molar-refractivity contribution in [1.82, 2.24) is 15.0 Å². The van der Waals surface area contributed by atoms with Gasteiger partial charge in [0.25, 0.3) is 0 Å². The van der Waals surface area contributed by atoms with Crippen LogP contribution < -0.4 is 0 Å². The lowest BCUT2D eigenvalue weighted by molar-refractivity contribution is 0.103. The smallest absolute Gasteiger partial charge is 0.201 e. The van der Waals surface area contributed by atoms with Crippen LogP contribution in [0.15, 0.2) is 47.5 Å². The van der Waals surface area contributed by atoms with Crippen molar-refractivity contribution in [3.05, 3.63) is 70.3 Å². The molecule has 0 bridgehead atoms. The number of ketones is 1. The summed E-state index contributed by atoms with van der Waals surface area (Å²) in [4.78, 5) is 23.9. The summed E-state index contributed by atoms with van der Waals surface area (Å²) in [6, 6.07) is 5.08. The standard InChI is InChI=1S/C17H9F2N3OS/c18-12-2-1-3-13(19)15(12)16(23)11-6-21-17-10(11)4-9(5-20-17)14-7-24-8-22-14/h1-8H,(H,20,21). The molecular weight excluding hydrogens is 332 g/mol. The van der Waals surface area contributed by atoms with E-state index in [0.717, 1.165) is 23.4 Å². The fraction of sp³-hybridized carbons (Fsp3) is 0. The molecule has 0 radical (unpaired) electrons. The lowest BCUT2D eigenvalue weighted by atomic mass is 10.0. The number of aromatic nitrogens is 3. The lowest BCUT2D eigenvalue weighted by Crippen LogP contribution is -2.07. The molecule has 7 heteroatoms. The van der Waals surface area contributed by atoms with Gasteiger partial charge in [-0.05, 0) is 18.2 Å². The molecule has 0 fully saturated rings. The number of thiazole rings is 1. The molecule has 0 aliphatic heterocycles. The highest BCUT2D eigenvalue weighted by Crippen LogP contribution is 2.27. The molecule has 0 saturated heterocycles. The first-order valence-electron chi connectivity index (χ1n) is 6.99. The lowest BCUT2D eigenvalue weighted by Gasteiger charge is -2.03. The number of aromatic amines is 1. The maximum atomic E-state index is 13.9. The number of fused-ring (bicyclic) bond motifs is 1. The van der Waals surface area contributed by atoms with E-state index in [1.807, 2.05) is 5.38 Å². The quantitative estimate of drug-likeness (QED) is 0.568. The first-order valence-corrected chi connectivity index (χ1v) is 7.94. The van der Waals surface area contributed by atoms with Crippen molar-refractivity contribution in [2.75, 3.05) is 0 Å². The van der Waals surface area contributed by atoms with Crippen molar-refractivity contribution in [1.29, 1.82) is 0 Å². The number of carbonyl (C=O) groups is 1. The molecule has 0 aliphatic rings. The number of rotatable bonds is 3. The number of benzene rings is 1. The molecule has 3 heterocycles. The number of pyridine rings is 1. The third-order valence-electron chi connectivity index (χ3n) is 3.69. The van der Waals surface area contributed by atoms with Crippen molar-refractivity contribution >= 4 is 28.2 Å². The number of H-pyrrole nitrogens is 1. The number of nitrogens with one attached hydrogen (secondary N) is 1. The van der Waals surface area contributed by atoms with Crippen LogP contribution >= 0.6 is 11.3 Å². The summed E-state index contributed by atoms with van der Waals surface area (Å²) in [5.74, 6) is -2.51. The highest BCUT2D eigenvalue weighted by atomic mass is 32.1. The summed E-state index contributed by atoms with van der Waals surface area (Å²) in [6.45, 7) is 0. The molecule has 0 amide bonds. The molecule has 118 valence electrons. The van der Waals surface area contributed by atoms with Crippen LogP contribution in [0.25, 0.3) is 22.3 Å². The first-order chi connectivity index (χ1) is 11.6. The maximum Gasteiger partial charge on any atom is 0.201 e. The molecule has 0 unspecified atom stereocenters. The van der Waals surface area contributed by atoms with Gasteiger partial charge >= 0.3 is 0 Å². The Morgan fingerprint density at radius 1 is 1.17 bits per heavy atom. The second-order valence-corrected chi connectivity index (χ2v) is 5.84. The van der Waals surface area contributed by atoms with Crippen molar-refractivity contribution < 1.29 is 13.6 Å². The minimum absolute atomic E-state index is 0.165. The Bertz CT molecular complexity index is 1040. The summed E-state index contributed by atoms with van der Waals surface area (Å²) in [7, 11) is 0. The summed E-state index contributed by atoms with van der Waals surface area (Å²) in [6.07, 6.45) is 3.04. The average Bonchev–Trinajstić information content (AvgIpc) is 3.23. The van der Waals surface area contributed by atoms with E-state index in [1.54, 1.807) is 17.8 Å². The van der Waals surface area contributed by atoms with Gasteiger partial charge < -0.3 is 4.98 Å². The normalized spacial score (nSPS) is 11.1. The van der Waals surface area contributed by atoms with Gasteiger partial charge in [0.1, 0.15) is 17.3 Å². The van der Waals surface area contributed by atoms with Crippen molar-refractivity contribution in [2.24, 2.45) is 0 Å². The highest BCUT2D eigenvalue weighted by Gasteiger charge is 2.22. The SMILES string of the molecule is O=C(c1c(F)cccc1F)c1c[nH]c2ncc(-c3cscn3)cc12. The predicted octanol–water partition coefficient (Wildman–Crippen LogP) is 4.20. The van der Waals surface area contributed by atoms with Crippen LogP contribution in [0, 0.1) is 11.6 Å². The van der Waals surface area contributed by atoms with E-state index in [4.69, 9.17) is 0 Å². The fourth-order valence-corrected chi connectivity index (χ4v) is 3.10. The van der Waals surface area contributed by atoms with Gasteiger partial charge in [-0.15, -0.1) is 11.3 Å². The van der Waals surface area contributed by atoms with Gasteiger partial charge in [-0.2, -0.15) is 0 Å². The van der Waals surface area contributed by atoms with Gasteiger partial charge in [0, 0.05) is 34.3 Å². The minimum atomic E-state index is -0.891. The molecule has 3 aromatic heterocycles. The molecule has 1 aromatic carbocycles. The molecule has 4 aromatic rings. The molecule has 4 nitrogen and oxygen atoms in total. The monoisotopic (exact) mass is 341 g/mol. The van der Waals surface area contributed by atoms with Crippen molar-refractivity contribution in [3.63, 3.8) is 0 Å². The number of carbonyl (C=O) groups excluding carboxylic acids is 1. The molecule has 0 aliphatic carbocycles. The molecule has 4 rings (SSSR count). The summed E-state index contributed by atoms with van der Waals surface area (Å²) < 4.78 is 27.8. The highest BCUT2D eigenvalue weighted by molar-refractivity contribution is 7.07. The first kappa shape index (κ1) is 14.6. The summed E-state index contributed by atoms with van der Waals surface area (Å²) >= 11 is 1.44. The van der Waals surface area contributed by atoms with Gasteiger partial charge in [0.15, 0.2) is 0 Å². The second kappa shape index (κ2) is 5.61. The van der Waals surface area contributed by atoms with E-state index in [0.29, 0.717) is 11.0 Å². The van der Waals surface area contributed by atoms with E-state index >= 15 is 0 Å². The van der Waals surface area contributed by atoms with E-state index in [9.17, 15) is 13.6 Å². The molecule has 24 heavy (non-hydrogen) atoms. The van der Waals surface area contributed by atoms with Gasteiger partial charge in [-0.1, -0.05) is 6.07 Å². The van der Waals surface area contributed by atoms with Gasteiger partial charge in [-0.3, -0.25) is 4.79 Å². The Balaban J connectivity index is 1.88. The fourth-order valence-electron chi connectivity index (χ4n) is 2.54. The predicted molar refractivity (Wildman–Crippen MR) is 87.0 cm³/mol. The molecule has 0 atom stereocenters. The van der Waals surface area contributed by atoms with Gasteiger partial charge in [-0.25, -0.2) is 18.7 Å². The van der Waals surface area contributed by atoms with Gasteiger partial charge in [0.05, 0.1) is 16.8 Å². The Labute approximate surface area is 138 Å². The molecular formula is C17H9F2N3OS. The van der Waals surface area contributed by atoms with Crippen molar-refractivity contribution in [2.45, 2.75) is 0 Å². The Hall–Kier alpha value is -2.93. The zero-order valence-corrected chi connectivity index (χ0v) is 12.9. The summed E-state index contributed by atoms with van der Waals surface area (Å²) in [5, 5.41) is 2.35. The van der Waals surface area contributed by atoms with Crippen LogP contribution in [0.4, 0.5) is 8.78 Å². The van der Waals surface area contributed by atoms with Gasteiger partial charge in [0.2, 0.25) is 5.78 Å². The number of halogens is 2. The van der Waals surface area contributed by atoms with Crippen molar-refractivity contribution in [3.8, 4) is 11.3 Å². The van der Waals surface area contributed by atoms with Crippen LogP contribution in [0.2, 0.25) is 0 Å². The maximum absolute atomic E-state index is 13.9. The van der Waals surface area contributed by atoms with Crippen LogP contribution in [-0.4, -0.2) is 20.7 Å². The largest absolute Gasteiger partial charge is 0.345 e. The molecule has 0 saturated carbocycles. The molecule has 1 N–H and O–H groups in total. The Morgan fingerprint density at radius 2 is 1.96 bits per heavy atom. The van der Waals surface area contributed by atoms with E-state index in [2.05, 4.69) is 15.0 Å². The van der Waals surface area contributed by atoms with Crippen LogP contribution in [-0.2, 0) is 0 Å².